The van der Waals surface area contributed by atoms with E-state index in [0.29, 0.717) is 26.7 Å². The highest BCUT2D eigenvalue weighted by Gasteiger charge is 2.18. The van der Waals surface area contributed by atoms with Crippen molar-refractivity contribution in [3.8, 4) is 0 Å². The number of nitrogens with zero attached hydrogens (tertiary/aromatic N) is 3. The number of hydrogen-bond donors (Lipinski definition) is 0. The molecule has 0 unspecified atom stereocenters. The minimum atomic E-state index is -0.442. The molecule has 1 amide bonds. The lowest BCUT2D eigenvalue weighted by Gasteiger charge is -2.11. The topological polar surface area (TPSA) is 75.8 Å². The molecule has 172 valence electrons. The standard InChI is InChI=1S/C27H18ClN3O3S/c1-17-10-12-22-24(14-17)35-27(30-22)31(25(32)13-11-18-6-2-4-8-21(18)28)29-15-19-16-34-23-9-5-3-7-20(23)26(19)33/h2-16H,1H3/b13-11+,29-15+. The van der Waals surface area contributed by atoms with Crippen molar-refractivity contribution >= 4 is 67.5 Å². The first-order valence-electron chi connectivity index (χ1n) is 10.7. The summed E-state index contributed by atoms with van der Waals surface area (Å²) in [7, 11) is 0. The quantitative estimate of drug-likeness (QED) is 0.158. The fourth-order valence-electron chi connectivity index (χ4n) is 3.45. The van der Waals surface area contributed by atoms with Crippen LogP contribution in [0.5, 0.6) is 0 Å². The summed E-state index contributed by atoms with van der Waals surface area (Å²) in [6.07, 6.45) is 5.64. The summed E-state index contributed by atoms with van der Waals surface area (Å²) in [5.41, 5.74) is 2.99. The van der Waals surface area contributed by atoms with E-state index in [9.17, 15) is 9.59 Å². The Bertz CT molecular complexity index is 1690. The Morgan fingerprint density at radius 2 is 1.89 bits per heavy atom. The van der Waals surface area contributed by atoms with Crippen LogP contribution in [-0.2, 0) is 4.79 Å². The summed E-state index contributed by atoms with van der Waals surface area (Å²) in [5, 5.41) is 6.85. The summed E-state index contributed by atoms with van der Waals surface area (Å²) < 4.78 is 6.49. The molecule has 6 nitrogen and oxygen atoms in total. The molecule has 8 heteroatoms. The molecule has 0 aliphatic carbocycles. The summed E-state index contributed by atoms with van der Waals surface area (Å²) in [4.78, 5) is 30.7. The number of halogens is 1. The second-order valence-electron chi connectivity index (χ2n) is 7.73. The largest absolute Gasteiger partial charge is 0.463 e. The highest BCUT2D eigenvalue weighted by Crippen LogP contribution is 2.30. The maximum atomic E-state index is 13.2. The van der Waals surface area contributed by atoms with Crippen LogP contribution < -0.4 is 10.4 Å². The minimum Gasteiger partial charge on any atom is -0.463 e. The highest BCUT2D eigenvalue weighted by atomic mass is 35.5. The molecule has 0 radical (unpaired) electrons. The van der Waals surface area contributed by atoms with Crippen LogP contribution in [0.15, 0.2) is 93.4 Å². The summed E-state index contributed by atoms with van der Waals surface area (Å²) in [6, 6.07) is 20.0. The van der Waals surface area contributed by atoms with Crippen molar-refractivity contribution in [1.82, 2.24) is 4.98 Å². The van der Waals surface area contributed by atoms with E-state index in [2.05, 4.69) is 10.1 Å². The number of anilines is 1. The highest BCUT2D eigenvalue weighted by molar-refractivity contribution is 7.22. The van der Waals surface area contributed by atoms with Gasteiger partial charge in [0.15, 0.2) is 0 Å². The molecule has 0 spiro atoms. The first-order valence-corrected chi connectivity index (χ1v) is 11.9. The zero-order valence-electron chi connectivity index (χ0n) is 18.5. The van der Waals surface area contributed by atoms with Crippen molar-refractivity contribution < 1.29 is 9.21 Å². The minimum absolute atomic E-state index is 0.216. The average Bonchev–Trinajstić information content (AvgIpc) is 3.28. The van der Waals surface area contributed by atoms with Gasteiger partial charge in [-0.25, -0.2) is 4.98 Å². The Hall–Kier alpha value is -4.07. The Balaban J connectivity index is 1.55. The summed E-state index contributed by atoms with van der Waals surface area (Å²) >= 11 is 7.55. The predicted octanol–water partition coefficient (Wildman–Crippen LogP) is 6.45. The number of rotatable bonds is 5. The molecule has 0 N–H and O–H groups in total. The Morgan fingerprint density at radius 3 is 2.74 bits per heavy atom. The van der Waals surface area contributed by atoms with Crippen LogP contribution in [0.25, 0.3) is 27.3 Å². The third-order valence-corrected chi connectivity index (χ3v) is 6.59. The Labute approximate surface area is 209 Å². The summed E-state index contributed by atoms with van der Waals surface area (Å²) in [5.74, 6) is -0.442. The van der Waals surface area contributed by atoms with Crippen molar-refractivity contribution in [2.24, 2.45) is 5.10 Å². The molecular formula is C27H18ClN3O3S. The molecule has 5 aromatic rings. The molecule has 0 aliphatic rings. The van der Waals surface area contributed by atoms with Crippen LogP contribution >= 0.6 is 22.9 Å². The number of thiazole rings is 1. The van der Waals surface area contributed by atoms with Gasteiger partial charge in [0.25, 0.3) is 5.91 Å². The molecule has 2 heterocycles. The van der Waals surface area contributed by atoms with Crippen molar-refractivity contribution in [1.29, 1.82) is 0 Å². The molecule has 5 rings (SSSR count). The lowest BCUT2D eigenvalue weighted by Crippen LogP contribution is -2.24. The first kappa shape index (κ1) is 22.7. The van der Waals surface area contributed by atoms with Gasteiger partial charge < -0.3 is 4.42 Å². The van der Waals surface area contributed by atoms with Gasteiger partial charge in [-0.3, -0.25) is 9.59 Å². The van der Waals surface area contributed by atoms with Gasteiger partial charge in [-0.2, -0.15) is 10.1 Å². The van der Waals surface area contributed by atoms with Crippen LogP contribution in [0.2, 0.25) is 5.02 Å². The van der Waals surface area contributed by atoms with Gasteiger partial charge in [0.05, 0.1) is 27.4 Å². The van der Waals surface area contributed by atoms with Crippen molar-refractivity contribution in [2.75, 3.05) is 5.01 Å². The third-order valence-electron chi connectivity index (χ3n) is 5.25. The summed E-state index contributed by atoms with van der Waals surface area (Å²) in [6.45, 7) is 1.99. The molecule has 0 bridgehead atoms. The number of aryl methyl sites for hydroxylation is 1. The van der Waals surface area contributed by atoms with Crippen LogP contribution in [0.3, 0.4) is 0 Å². The van der Waals surface area contributed by atoms with Gasteiger partial charge in [-0.15, -0.1) is 0 Å². The maximum absolute atomic E-state index is 13.2. The fourth-order valence-corrected chi connectivity index (χ4v) is 4.68. The van der Waals surface area contributed by atoms with Crippen molar-refractivity contribution in [3.05, 3.63) is 111 Å². The molecule has 35 heavy (non-hydrogen) atoms. The normalized spacial score (nSPS) is 11.7. The number of aromatic nitrogens is 1. The van der Waals surface area contributed by atoms with Gasteiger partial charge in [0.1, 0.15) is 11.8 Å². The average molecular weight is 500 g/mol. The van der Waals surface area contributed by atoms with Crippen LogP contribution in [0, 0.1) is 6.92 Å². The van der Waals surface area contributed by atoms with E-state index in [1.165, 1.54) is 34.9 Å². The number of carbonyl (C=O) groups excluding carboxylic acids is 1. The zero-order valence-corrected chi connectivity index (χ0v) is 20.1. The third kappa shape index (κ3) is 4.77. The number of hydrogen-bond acceptors (Lipinski definition) is 6. The lowest BCUT2D eigenvalue weighted by atomic mass is 10.2. The zero-order chi connectivity index (χ0) is 24.4. The van der Waals surface area contributed by atoms with Crippen LogP contribution in [-0.4, -0.2) is 17.1 Å². The molecule has 0 saturated heterocycles. The van der Waals surface area contributed by atoms with E-state index in [1.807, 2.05) is 37.3 Å². The van der Waals surface area contributed by atoms with Gasteiger partial charge in [-0.05, 0) is 54.5 Å². The van der Waals surface area contributed by atoms with E-state index in [0.717, 1.165) is 15.8 Å². The smallest absolute Gasteiger partial charge is 0.273 e. The number of carbonyl (C=O) groups is 1. The number of benzene rings is 3. The number of amides is 1. The molecule has 0 atom stereocenters. The van der Waals surface area contributed by atoms with E-state index in [1.54, 1.807) is 42.5 Å². The number of para-hydroxylation sites is 1. The molecule has 0 saturated carbocycles. The van der Waals surface area contributed by atoms with Crippen molar-refractivity contribution in [3.63, 3.8) is 0 Å². The van der Waals surface area contributed by atoms with Crippen molar-refractivity contribution in [2.45, 2.75) is 6.92 Å². The van der Waals surface area contributed by atoms with E-state index in [-0.39, 0.29) is 11.0 Å². The Kier molecular flexibility index (Phi) is 6.27. The fraction of sp³-hybridized carbons (Fsp3) is 0.0370. The number of fused-ring (bicyclic) bond motifs is 2. The van der Waals surface area contributed by atoms with Gasteiger partial charge in [0, 0.05) is 11.1 Å². The van der Waals surface area contributed by atoms with E-state index >= 15 is 0 Å². The van der Waals surface area contributed by atoms with Gasteiger partial charge >= 0.3 is 0 Å². The second kappa shape index (κ2) is 9.66. The Morgan fingerprint density at radius 1 is 1.09 bits per heavy atom. The first-order chi connectivity index (χ1) is 17.0. The SMILES string of the molecule is Cc1ccc2nc(N(/N=C/c3coc4ccccc4c3=O)C(=O)/C=C/c3ccccc3Cl)sc2c1. The van der Waals surface area contributed by atoms with E-state index in [4.69, 9.17) is 16.0 Å². The molecule has 3 aromatic carbocycles. The lowest BCUT2D eigenvalue weighted by molar-refractivity contribution is -0.114. The predicted molar refractivity (Wildman–Crippen MR) is 142 cm³/mol. The number of hydrazone groups is 1. The second-order valence-corrected chi connectivity index (χ2v) is 9.15. The van der Waals surface area contributed by atoms with Gasteiger partial charge in [0.2, 0.25) is 10.6 Å². The molecule has 2 aromatic heterocycles. The molecule has 0 fully saturated rings. The maximum Gasteiger partial charge on any atom is 0.273 e. The van der Waals surface area contributed by atoms with Crippen LogP contribution in [0.1, 0.15) is 16.7 Å². The van der Waals surface area contributed by atoms with E-state index < -0.39 is 5.91 Å². The van der Waals surface area contributed by atoms with Gasteiger partial charge in [-0.1, -0.05) is 59.3 Å². The molecular weight excluding hydrogens is 482 g/mol. The van der Waals surface area contributed by atoms with Crippen LogP contribution in [0.4, 0.5) is 5.13 Å². The monoisotopic (exact) mass is 499 g/mol. The molecule has 0 aliphatic heterocycles.